The Bertz CT molecular complexity index is 336. The molecule has 0 amide bonds. The van der Waals surface area contributed by atoms with Crippen molar-refractivity contribution in [2.75, 3.05) is 5.73 Å². The van der Waals surface area contributed by atoms with Gasteiger partial charge in [0.05, 0.1) is 4.90 Å². The smallest absolute Gasteiger partial charge is 0.186 e. The van der Waals surface area contributed by atoms with Gasteiger partial charge in [-0.05, 0) is 31.0 Å². The highest BCUT2D eigenvalue weighted by atomic mass is 32.2. The largest absolute Gasteiger partial charge is 0.398 e. The summed E-state index contributed by atoms with van der Waals surface area (Å²) in [4.78, 5) is 0.387. The van der Waals surface area contributed by atoms with E-state index in [9.17, 15) is 4.21 Å². The fraction of sp³-hybridized carbons (Fsp3) is 0.250. The van der Waals surface area contributed by atoms with Gasteiger partial charge in [-0.3, -0.25) is 0 Å². The molecular formula is C8H11NO2S. The Morgan fingerprint density at radius 3 is 2.42 bits per heavy atom. The molecule has 1 atom stereocenters. The first-order chi connectivity index (χ1) is 5.52. The molecule has 0 aliphatic carbocycles. The summed E-state index contributed by atoms with van der Waals surface area (Å²) in [5.41, 5.74) is 7.86. The third kappa shape index (κ3) is 1.65. The third-order valence-corrected chi connectivity index (χ3v) is 2.57. The van der Waals surface area contributed by atoms with Crippen molar-refractivity contribution in [2.45, 2.75) is 18.7 Å². The van der Waals surface area contributed by atoms with Crippen molar-refractivity contribution in [1.29, 1.82) is 0 Å². The van der Waals surface area contributed by atoms with Crippen LogP contribution in [0.2, 0.25) is 0 Å². The summed E-state index contributed by atoms with van der Waals surface area (Å²) in [7, 11) is 0. The average Bonchev–Trinajstić information content (AvgIpc) is 1.96. The van der Waals surface area contributed by atoms with E-state index in [0.29, 0.717) is 10.6 Å². The van der Waals surface area contributed by atoms with Crippen LogP contribution in [0.25, 0.3) is 0 Å². The van der Waals surface area contributed by atoms with E-state index in [-0.39, 0.29) is 0 Å². The van der Waals surface area contributed by atoms with Crippen molar-refractivity contribution in [3.63, 3.8) is 0 Å². The Balaban J connectivity index is 3.33. The van der Waals surface area contributed by atoms with E-state index in [0.717, 1.165) is 11.1 Å². The lowest BCUT2D eigenvalue weighted by molar-refractivity contribution is 0.564. The van der Waals surface area contributed by atoms with Crippen LogP contribution in [0.3, 0.4) is 0 Å². The van der Waals surface area contributed by atoms with Gasteiger partial charge in [0.2, 0.25) is 0 Å². The van der Waals surface area contributed by atoms with Gasteiger partial charge < -0.3 is 10.3 Å². The Hall–Kier alpha value is -0.870. The van der Waals surface area contributed by atoms with Crippen molar-refractivity contribution in [3.8, 4) is 0 Å². The molecule has 4 heteroatoms. The SMILES string of the molecule is Cc1cc(C)c(S(=O)O)cc1N. The molecule has 0 aliphatic heterocycles. The Labute approximate surface area is 73.9 Å². The van der Waals surface area contributed by atoms with Gasteiger partial charge in [0, 0.05) is 5.69 Å². The summed E-state index contributed by atoms with van der Waals surface area (Å²) in [6.45, 7) is 3.66. The molecule has 3 nitrogen and oxygen atoms in total. The number of nitrogens with two attached hydrogens (primary N) is 1. The van der Waals surface area contributed by atoms with Crippen LogP contribution >= 0.6 is 0 Å². The Kier molecular flexibility index (Phi) is 2.49. The van der Waals surface area contributed by atoms with Gasteiger partial charge in [-0.15, -0.1) is 0 Å². The first-order valence-corrected chi connectivity index (χ1v) is 4.60. The number of anilines is 1. The molecule has 1 unspecified atom stereocenters. The molecule has 66 valence electrons. The van der Waals surface area contributed by atoms with Crippen molar-refractivity contribution in [2.24, 2.45) is 0 Å². The van der Waals surface area contributed by atoms with Gasteiger partial charge in [-0.2, -0.15) is 0 Å². The quantitative estimate of drug-likeness (QED) is 0.514. The molecule has 0 radical (unpaired) electrons. The van der Waals surface area contributed by atoms with Crippen LogP contribution in [-0.4, -0.2) is 8.76 Å². The van der Waals surface area contributed by atoms with Crippen LogP contribution < -0.4 is 5.73 Å². The van der Waals surface area contributed by atoms with E-state index < -0.39 is 11.1 Å². The van der Waals surface area contributed by atoms with Gasteiger partial charge in [0.15, 0.2) is 11.1 Å². The Morgan fingerprint density at radius 2 is 1.92 bits per heavy atom. The maximum Gasteiger partial charge on any atom is 0.186 e. The third-order valence-electron chi connectivity index (χ3n) is 1.75. The zero-order valence-electron chi connectivity index (χ0n) is 7.00. The molecule has 0 aromatic heterocycles. The molecule has 0 heterocycles. The fourth-order valence-electron chi connectivity index (χ4n) is 1.04. The molecule has 1 aromatic rings. The molecule has 0 saturated carbocycles. The van der Waals surface area contributed by atoms with E-state index in [1.807, 2.05) is 6.92 Å². The van der Waals surface area contributed by atoms with E-state index in [2.05, 4.69) is 0 Å². The maximum atomic E-state index is 10.7. The van der Waals surface area contributed by atoms with E-state index in [1.54, 1.807) is 19.1 Å². The maximum absolute atomic E-state index is 10.7. The van der Waals surface area contributed by atoms with E-state index in [1.165, 1.54) is 0 Å². The Morgan fingerprint density at radius 1 is 1.33 bits per heavy atom. The first-order valence-electron chi connectivity index (χ1n) is 3.50. The van der Waals surface area contributed by atoms with Crippen LogP contribution in [0.15, 0.2) is 17.0 Å². The lowest BCUT2D eigenvalue weighted by atomic mass is 10.1. The lowest BCUT2D eigenvalue weighted by Gasteiger charge is -2.05. The van der Waals surface area contributed by atoms with Crippen LogP contribution in [0.4, 0.5) is 5.69 Å². The number of aryl methyl sites for hydroxylation is 2. The molecule has 0 aliphatic rings. The zero-order chi connectivity index (χ0) is 9.30. The highest BCUT2D eigenvalue weighted by molar-refractivity contribution is 7.79. The van der Waals surface area contributed by atoms with Crippen molar-refractivity contribution < 1.29 is 8.76 Å². The van der Waals surface area contributed by atoms with Gasteiger partial charge in [-0.25, -0.2) is 4.21 Å². The number of hydrogen-bond acceptors (Lipinski definition) is 2. The van der Waals surface area contributed by atoms with Crippen molar-refractivity contribution in [3.05, 3.63) is 23.3 Å². The second kappa shape index (κ2) is 3.25. The van der Waals surface area contributed by atoms with Crippen LogP contribution in [0.5, 0.6) is 0 Å². The lowest BCUT2D eigenvalue weighted by Crippen LogP contribution is -1.97. The summed E-state index contributed by atoms with van der Waals surface area (Å²) in [6, 6.07) is 3.35. The molecule has 0 bridgehead atoms. The second-order valence-electron chi connectivity index (χ2n) is 2.72. The summed E-state index contributed by atoms with van der Waals surface area (Å²) in [6.07, 6.45) is 0. The minimum absolute atomic E-state index is 0.387. The molecular weight excluding hydrogens is 174 g/mol. The molecule has 0 saturated heterocycles. The second-order valence-corrected chi connectivity index (χ2v) is 3.66. The van der Waals surface area contributed by atoms with Crippen molar-refractivity contribution >= 4 is 16.8 Å². The summed E-state index contributed by atoms with van der Waals surface area (Å²) in [5, 5.41) is 0. The monoisotopic (exact) mass is 185 g/mol. The predicted octanol–water partition coefficient (Wildman–Crippen LogP) is 1.47. The minimum Gasteiger partial charge on any atom is -0.398 e. The van der Waals surface area contributed by atoms with Crippen LogP contribution in [0, 0.1) is 13.8 Å². The standard InChI is InChI=1S/C8H11NO2S/c1-5-3-6(2)8(12(10)11)4-7(5)9/h3-4H,9H2,1-2H3,(H,10,11). The van der Waals surface area contributed by atoms with Gasteiger partial charge in [0.25, 0.3) is 0 Å². The van der Waals surface area contributed by atoms with E-state index in [4.69, 9.17) is 10.3 Å². The number of rotatable bonds is 1. The highest BCUT2D eigenvalue weighted by Gasteiger charge is 2.06. The van der Waals surface area contributed by atoms with Gasteiger partial charge in [-0.1, -0.05) is 6.07 Å². The first kappa shape index (κ1) is 9.22. The van der Waals surface area contributed by atoms with Gasteiger partial charge in [0.1, 0.15) is 0 Å². The number of hydrogen-bond donors (Lipinski definition) is 2. The topological polar surface area (TPSA) is 63.3 Å². The van der Waals surface area contributed by atoms with Crippen LogP contribution in [-0.2, 0) is 11.1 Å². The summed E-state index contributed by atoms with van der Waals surface area (Å²) >= 11 is -1.94. The van der Waals surface area contributed by atoms with E-state index >= 15 is 0 Å². The molecule has 1 rings (SSSR count). The molecule has 0 fully saturated rings. The molecule has 1 aromatic carbocycles. The fourth-order valence-corrected chi connectivity index (χ4v) is 1.60. The summed E-state index contributed by atoms with van der Waals surface area (Å²) < 4.78 is 19.6. The predicted molar refractivity (Wildman–Crippen MR) is 49.4 cm³/mol. The molecule has 12 heavy (non-hydrogen) atoms. The normalized spacial score (nSPS) is 12.9. The zero-order valence-corrected chi connectivity index (χ0v) is 7.81. The summed E-state index contributed by atoms with van der Waals surface area (Å²) in [5.74, 6) is 0. The molecule has 0 spiro atoms. The molecule has 3 N–H and O–H groups in total. The van der Waals surface area contributed by atoms with Crippen molar-refractivity contribution in [1.82, 2.24) is 0 Å². The highest BCUT2D eigenvalue weighted by Crippen LogP contribution is 2.19. The number of nitrogen functional groups attached to an aromatic ring is 1. The number of benzene rings is 1. The minimum atomic E-state index is -1.94. The average molecular weight is 185 g/mol. The van der Waals surface area contributed by atoms with Gasteiger partial charge >= 0.3 is 0 Å². The van der Waals surface area contributed by atoms with Crippen LogP contribution in [0.1, 0.15) is 11.1 Å².